The number of amides is 3. The number of fused-ring (bicyclic) bond motifs is 4. The van der Waals surface area contributed by atoms with Gasteiger partial charge in [0.2, 0.25) is 15.9 Å². The molecule has 1 aliphatic carbocycles. The van der Waals surface area contributed by atoms with E-state index in [1.54, 1.807) is 25.2 Å². The second-order valence-corrected chi connectivity index (χ2v) is 17.3. The Balaban J connectivity index is 0.834. The third kappa shape index (κ3) is 7.85. The minimum absolute atomic E-state index is 0.0192. The molecule has 0 unspecified atom stereocenters. The van der Waals surface area contributed by atoms with Gasteiger partial charge in [-0.25, -0.2) is 13.2 Å². The second kappa shape index (κ2) is 16.7. The molecule has 0 bridgehead atoms. The molecule has 4 N–H and O–H groups in total. The van der Waals surface area contributed by atoms with Crippen molar-refractivity contribution in [1.82, 2.24) is 14.9 Å². The largest absolute Gasteiger partial charge is 0.508 e. The van der Waals surface area contributed by atoms with Crippen LogP contribution in [-0.2, 0) is 34.9 Å². The summed E-state index contributed by atoms with van der Waals surface area (Å²) in [5, 5.41) is 26.5. The SMILES string of the molecule is CN1C(=O)C2(OCCCO2)c2cc(S(=O)(=O)N3CCC[C@H]3CNC(=O)CCCCCNC(=O)c3ccc(-c4c5ccc(=O)cc-5oc5cc(O)ccc45)c(C(=O)O)c3)ccc21. The summed E-state index contributed by atoms with van der Waals surface area (Å²) in [5.74, 6) is -3.89. The molecule has 4 heterocycles. The number of benzene rings is 4. The highest BCUT2D eigenvalue weighted by Gasteiger charge is 2.54. The van der Waals surface area contributed by atoms with Gasteiger partial charge >= 0.3 is 5.97 Å². The molecule has 17 heteroatoms. The molecule has 1 spiro atoms. The van der Waals surface area contributed by atoms with Crippen molar-refractivity contribution in [3.05, 3.63) is 99.7 Å². The first kappa shape index (κ1) is 41.6. The second-order valence-electron chi connectivity index (χ2n) is 15.4. The first-order valence-corrected chi connectivity index (χ1v) is 21.6. The Morgan fingerprint density at radius 3 is 2.46 bits per heavy atom. The molecule has 3 amide bonds. The number of hydrogen-bond donors (Lipinski definition) is 4. The van der Waals surface area contributed by atoms with E-state index in [1.165, 1.54) is 63.8 Å². The predicted octanol–water partition coefficient (Wildman–Crippen LogP) is 4.79. The lowest BCUT2D eigenvalue weighted by atomic mass is 9.90. The lowest BCUT2D eigenvalue weighted by Crippen LogP contribution is -2.46. The molecular formula is C44H44N4O12S. The number of phenols is 1. The van der Waals surface area contributed by atoms with Crippen molar-refractivity contribution >= 4 is 50.4 Å². The maximum absolute atomic E-state index is 13.9. The highest BCUT2D eigenvalue weighted by molar-refractivity contribution is 7.89. The number of hydrogen-bond acceptors (Lipinski definition) is 11. The molecule has 3 aromatic carbocycles. The van der Waals surface area contributed by atoms with Crippen molar-refractivity contribution in [3.63, 3.8) is 0 Å². The van der Waals surface area contributed by atoms with Crippen LogP contribution in [0.3, 0.4) is 0 Å². The van der Waals surface area contributed by atoms with E-state index in [-0.39, 0.29) is 64.0 Å². The summed E-state index contributed by atoms with van der Waals surface area (Å²) in [6, 6.07) is 17.0. The fraction of sp³-hybridized carbons (Fsp3) is 0.341. The Bertz CT molecular complexity index is 2710. The van der Waals surface area contributed by atoms with Crippen LogP contribution in [0.15, 0.2) is 86.9 Å². The summed E-state index contributed by atoms with van der Waals surface area (Å²) in [5.41, 5.74) is 2.06. The van der Waals surface area contributed by atoms with Gasteiger partial charge in [0.15, 0.2) is 5.43 Å². The van der Waals surface area contributed by atoms with Gasteiger partial charge in [-0.3, -0.25) is 19.2 Å². The van der Waals surface area contributed by atoms with Crippen LogP contribution in [0.4, 0.5) is 5.69 Å². The number of ether oxygens (including phenoxy) is 2. The molecule has 1 atom stereocenters. The number of unbranched alkanes of at least 4 members (excludes halogenated alkanes) is 2. The standard InChI is InChI=1S/C44H44N4O12S/c1-47-36-16-12-30(24-35(36)44(43(47)55)58-19-6-20-59-44)61(56,57)48-18-5-7-27(48)25-46-39(51)8-3-2-4-17-45-41(52)26-9-13-31(34(21-26)42(53)54)40-32-14-10-28(49)22-37(32)60-38-23-29(50)11-15-33(38)40/h9-16,21-24,27,49H,2-8,17-20,25H2,1H3,(H,45,52)(H,46,51)(H,53,54)/t27-/m0/s1. The van der Waals surface area contributed by atoms with Crippen LogP contribution in [0.1, 0.15) is 71.2 Å². The lowest BCUT2D eigenvalue weighted by molar-refractivity contribution is -0.256. The molecule has 2 fully saturated rings. The molecule has 0 saturated carbocycles. The Hall–Kier alpha value is -6.14. The summed E-state index contributed by atoms with van der Waals surface area (Å²) < 4.78 is 46.8. The van der Waals surface area contributed by atoms with Crippen molar-refractivity contribution in [2.75, 3.05) is 44.8 Å². The Labute approximate surface area is 350 Å². The molecule has 2 saturated heterocycles. The van der Waals surface area contributed by atoms with Gasteiger partial charge in [-0.05, 0) is 92.3 Å². The van der Waals surface area contributed by atoms with Crippen molar-refractivity contribution in [2.24, 2.45) is 0 Å². The monoisotopic (exact) mass is 852 g/mol. The molecule has 5 aliphatic rings. The summed E-state index contributed by atoms with van der Waals surface area (Å²) in [6.45, 7) is 1.32. The number of nitrogens with one attached hydrogen (secondary N) is 2. The van der Waals surface area contributed by atoms with Crippen LogP contribution in [0.25, 0.3) is 33.4 Å². The topological polar surface area (TPSA) is 222 Å². The van der Waals surface area contributed by atoms with E-state index in [4.69, 9.17) is 13.9 Å². The zero-order chi connectivity index (χ0) is 43.1. The summed E-state index contributed by atoms with van der Waals surface area (Å²) >= 11 is 0. The van der Waals surface area contributed by atoms with Crippen LogP contribution in [0, 0.1) is 0 Å². The predicted molar refractivity (Wildman–Crippen MR) is 222 cm³/mol. The number of carbonyl (C=O) groups excluding carboxylic acids is 3. The minimum Gasteiger partial charge on any atom is -0.508 e. The smallest absolute Gasteiger partial charge is 0.336 e. The number of nitrogens with zero attached hydrogens (tertiary/aromatic N) is 2. The summed E-state index contributed by atoms with van der Waals surface area (Å²) in [7, 11) is -2.39. The third-order valence-electron chi connectivity index (χ3n) is 11.5. The number of aromatic carboxylic acids is 1. The van der Waals surface area contributed by atoms with Crippen molar-refractivity contribution in [1.29, 1.82) is 0 Å². The average Bonchev–Trinajstić information content (AvgIpc) is 3.81. The normalized spacial score (nSPS) is 17.6. The quantitative estimate of drug-likeness (QED) is 0.0928. The zero-order valence-corrected chi connectivity index (χ0v) is 34.1. The molecule has 4 aliphatic heterocycles. The molecule has 8 rings (SSSR count). The van der Waals surface area contributed by atoms with Crippen LogP contribution in [0.2, 0.25) is 0 Å². The van der Waals surface area contributed by atoms with E-state index in [2.05, 4.69) is 10.6 Å². The number of carboxylic acid groups (broad SMARTS) is 1. The van der Waals surface area contributed by atoms with Gasteiger partial charge in [0.1, 0.15) is 17.1 Å². The number of aromatic hydroxyl groups is 1. The number of carbonyl (C=O) groups is 4. The van der Waals surface area contributed by atoms with E-state index in [9.17, 15) is 42.6 Å². The third-order valence-corrected chi connectivity index (χ3v) is 13.4. The summed E-state index contributed by atoms with van der Waals surface area (Å²) in [6.07, 6.45) is 3.72. The van der Waals surface area contributed by atoms with E-state index in [1.807, 2.05) is 0 Å². The van der Waals surface area contributed by atoms with E-state index in [0.29, 0.717) is 91.6 Å². The number of sulfonamides is 1. The van der Waals surface area contributed by atoms with Gasteiger partial charge in [-0.15, -0.1) is 0 Å². The molecule has 16 nitrogen and oxygen atoms in total. The fourth-order valence-electron chi connectivity index (χ4n) is 8.39. The van der Waals surface area contributed by atoms with Crippen molar-refractivity contribution in [3.8, 4) is 28.2 Å². The van der Waals surface area contributed by atoms with E-state index < -0.39 is 39.6 Å². The Kier molecular flexibility index (Phi) is 11.4. The zero-order valence-electron chi connectivity index (χ0n) is 33.3. The van der Waals surface area contributed by atoms with Gasteiger partial charge in [-0.1, -0.05) is 12.5 Å². The van der Waals surface area contributed by atoms with Gasteiger partial charge < -0.3 is 39.6 Å². The van der Waals surface area contributed by atoms with Gasteiger partial charge in [0.05, 0.1) is 29.4 Å². The van der Waals surface area contributed by atoms with Gasteiger partial charge in [0, 0.05) is 78.9 Å². The van der Waals surface area contributed by atoms with Crippen LogP contribution in [0.5, 0.6) is 5.75 Å². The van der Waals surface area contributed by atoms with Crippen molar-refractivity contribution in [2.45, 2.75) is 61.7 Å². The Morgan fingerprint density at radius 2 is 1.67 bits per heavy atom. The molecule has 318 valence electrons. The van der Waals surface area contributed by atoms with E-state index in [0.717, 1.165) is 0 Å². The van der Waals surface area contributed by atoms with Crippen LogP contribution >= 0.6 is 0 Å². The fourth-order valence-corrected chi connectivity index (χ4v) is 10.1. The number of carboxylic acids is 1. The first-order valence-electron chi connectivity index (χ1n) is 20.1. The van der Waals surface area contributed by atoms with Gasteiger partial charge in [-0.2, -0.15) is 4.31 Å². The number of phenolic OH excluding ortho intramolecular Hbond substituents is 1. The highest BCUT2D eigenvalue weighted by Crippen LogP contribution is 2.46. The highest BCUT2D eigenvalue weighted by atomic mass is 32.2. The maximum Gasteiger partial charge on any atom is 0.336 e. The first-order chi connectivity index (χ1) is 29.3. The Morgan fingerprint density at radius 1 is 0.885 bits per heavy atom. The molecule has 0 radical (unpaired) electrons. The van der Waals surface area contributed by atoms with Gasteiger partial charge in [0.25, 0.3) is 17.6 Å². The van der Waals surface area contributed by atoms with E-state index >= 15 is 0 Å². The van der Waals surface area contributed by atoms with Crippen molar-refractivity contribution < 1.29 is 51.7 Å². The number of anilines is 1. The number of rotatable bonds is 13. The molecule has 61 heavy (non-hydrogen) atoms. The number of likely N-dealkylation sites (N-methyl/N-ethyl adjacent to an activating group) is 1. The maximum atomic E-state index is 13.9. The van der Waals surface area contributed by atoms with Crippen LogP contribution in [-0.4, -0.2) is 92.6 Å². The average molecular weight is 853 g/mol. The minimum atomic E-state index is -3.99. The van der Waals surface area contributed by atoms with Crippen LogP contribution < -0.4 is 21.0 Å². The molecule has 0 aromatic heterocycles. The molecule has 3 aromatic rings. The lowest BCUT2D eigenvalue weighted by Gasteiger charge is -2.32. The summed E-state index contributed by atoms with van der Waals surface area (Å²) in [4.78, 5) is 65.2. The molecular weight excluding hydrogens is 809 g/mol.